The van der Waals surface area contributed by atoms with Gasteiger partial charge in [-0.3, -0.25) is 5.41 Å². The zero-order chi connectivity index (χ0) is 18.7. The monoisotopic (exact) mass is 368 g/mol. The molecule has 6 nitrogen and oxygen atoms in total. The number of nitrogens with zero attached hydrogens (tertiary/aromatic N) is 1. The first-order valence-electron chi connectivity index (χ1n) is 7.72. The number of anilines is 1. The lowest BCUT2D eigenvalue weighted by Gasteiger charge is -2.15. The Kier molecular flexibility index (Phi) is 4.95. The minimum atomic E-state index is -0.218. The molecule has 0 amide bonds. The second-order valence-electron chi connectivity index (χ2n) is 5.43. The van der Waals surface area contributed by atoms with Crippen LogP contribution in [0.2, 0.25) is 5.15 Å². The number of nitrogen functional groups attached to an aromatic ring is 2. The summed E-state index contributed by atoms with van der Waals surface area (Å²) in [5.74, 6) is 1.38. The molecule has 0 spiro atoms. The van der Waals surface area contributed by atoms with E-state index in [0.29, 0.717) is 17.0 Å². The minimum absolute atomic E-state index is 0.106. The van der Waals surface area contributed by atoms with Gasteiger partial charge in [0.1, 0.15) is 17.3 Å². The highest BCUT2D eigenvalue weighted by Gasteiger charge is 2.20. The number of pyridine rings is 1. The van der Waals surface area contributed by atoms with Crippen molar-refractivity contribution in [1.29, 1.82) is 5.41 Å². The van der Waals surface area contributed by atoms with Crippen molar-refractivity contribution in [3.8, 4) is 28.5 Å². The minimum Gasteiger partial charge on any atom is -0.491 e. The third-order valence-corrected chi connectivity index (χ3v) is 3.98. The Morgan fingerprint density at radius 2 is 1.65 bits per heavy atom. The van der Waals surface area contributed by atoms with E-state index in [2.05, 4.69) is 4.98 Å². The Labute approximate surface area is 155 Å². The molecule has 0 bridgehead atoms. The van der Waals surface area contributed by atoms with E-state index in [-0.39, 0.29) is 28.0 Å². The molecule has 132 valence electrons. The average molecular weight is 369 g/mol. The van der Waals surface area contributed by atoms with Crippen molar-refractivity contribution in [2.45, 2.75) is 0 Å². The molecule has 0 saturated carbocycles. The van der Waals surface area contributed by atoms with Gasteiger partial charge in [0.05, 0.1) is 24.1 Å². The van der Waals surface area contributed by atoms with E-state index in [9.17, 15) is 0 Å². The SMILES string of the molecule is COc1c(Cl)nc(-c2ccc(Oc3ccccc3)cc2)c(C(=N)N)c1N. The number of hydrogen-bond acceptors (Lipinski definition) is 5. The summed E-state index contributed by atoms with van der Waals surface area (Å²) in [4.78, 5) is 4.31. The van der Waals surface area contributed by atoms with E-state index >= 15 is 0 Å². The number of para-hydroxylation sites is 1. The fourth-order valence-electron chi connectivity index (χ4n) is 2.54. The van der Waals surface area contributed by atoms with Crippen LogP contribution < -0.4 is 20.9 Å². The highest BCUT2D eigenvalue weighted by Crippen LogP contribution is 2.37. The fraction of sp³-hybridized carbons (Fsp3) is 0.0526. The van der Waals surface area contributed by atoms with E-state index in [1.165, 1.54) is 7.11 Å². The molecule has 0 fully saturated rings. The standard InChI is InChI=1S/C19H17ClN4O2/c1-25-17-15(21)14(19(22)23)16(24-18(17)20)11-7-9-13(10-8-11)26-12-5-3-2-4-6-12/h2-10H,1H3,(H2,21,24)(H3,22,23). The van der Waals surface area contributed by atoms with Crippen molar-refractivity contribution in [2.75, 3.05) is 12.8 Å². The van der Waals surface area contributed by atoms with Crippen molar-refractivity contribution in [3.63, 3.8) is 0 Å². The van der Waals surface area contributed by atoms with Gasteiger partial charge in [-0.1, -0.05) is 29.8 Å². The summed E-state index contributed by atoms with van der Waals surface area (Å²) in [6, 6.07) is 16.6. The number of rotatable bonds is 5. The van der Waals surface area contributed by atoms with Crippen LogP contribution in [0.3, 0.4) is 0 Å². The molecule has 0 radical (unpaired) electrons. The number of benzene rings is 2. The van der Waals surface area contributed by atoms with Crippen molar-refractivity contribution < 1.29 is 9.47 Å². The van der Waals surface area contributed by atoms with Crippen LogP contribution in [0.1, 0.15) is 5.56 Å². The normalized spacial score (nSPS) is 10.4. The molecular weight excluding hydrogens is 352 g/mol. The van der Waals surface area contributed by atoms with Crippen LogP contribution in [0, 0.1) is 5.41 Å². The van der Waals surface area contributed by atoms with Crippen LogP contribution in [0.5, 0.6) is 17.2 Å². The van der Waals surface area contributed by atoms with Gasteiger partial charge in [0.25, 0.3) is 0 Å². The number of nitrogens with two attached hydrogens (primary N) is 2. The summed E-state index contributed by atoms with van der Waals surface area (Å²) in [6.45, 7) is 0. The van der Waals surface area contributed by atoms with E-state index in [4.69, 9.17) is 38.0 Å². The number of methoxy groups -OCH3 is 1. The number of hydrogen-bond donors (Lipinski definition) is 3. The number of halogens is 1. The Balaban J connectivity index is 2.00. The summed E-state index contributed by atoms with van der Waals surface area (Å²) >= 11 is 6.15. The molecule has 3 rings (SSSR count). The van der Waals surface area contributed by atoms with Gasteiger partial charge >= 0.3 is 0 Å². The first-order chi connectivity index (χ1) is 12.5. The third-order valence-electron chi connectivity index (χ3n) is 3.73. The van der Waals surface area contributed by atoms with E-state index in [1.807, 2.05) is 30.3 Å². The molecule has 7 heteroatoms. The summed E-state index contributed by atoms with van der Waals surface area (Å²) in [7, 11) is 1.43. The largest absolute Gasteiger partial charge is 0.491 e. The molecule has 3 aromatic rings. The van der Waals surface area contributed by atoms with Gasteiger partial charge < -0.3 is 20.9 Å². The number of nitrogens with one attached hydrogen (secondary N) is 1. The number of ether oxygens (including phenoxy) is 2. The maximum Gasteiger partial charge on any atom is 0.179 e. The van der Waals surface area contributed by atoms with Crippen LogP contribution >= 0.6 is 11.6 Å². The zero-order valence-corrected chi connectivity index (χ0v) is 14.7. The second kappa shape index (κ2) is 7.33. The molecule has 0 unspecified atom stereocenters. The van der Waals surface area contributed by atoms with Crippen LogP contribution in [-0.4, -0.2) is 17.9 Å². The van der Waals surface area contributed by atoms with Crippen LogP contribution in [0.25, 0.3) is 11.3 Å². The summed E-state index contributed by atoms with van der Waals surface area (Å²) in [6.07, 6.45) is 0. The molecule has 26 heavy (non-hydrogen) atoms. The highest BCUT2D eigenvalue weighted by atomic mass is 35.5. The maximum atomic E-state index is 7.83. The van der Waals surface area contributed by atoms with Crippen molar-refractivity contribution in [1.82, 2.24) is 4.98 Å². The third kappa shape index (κ3) is 3.41. The summed E-state index contributed by atoms with van der Waals surface area (Å²) < 4.78 is 10.9. The maximum absolute atomic E-state index is 7.83. The average Bonchev–Trinajstić information content (AvgIpc) is 2.62. The van der Waals surface area contributed by atoms with Crippen LogP contribution in [0.4, 0.5) is 5.69 Å². The van der Waals surface area contributed by atoms with E-state index in [1.54, 1.807) is 24.3 Å². The molecule has 0 saturated heterocycles. The highest BCUT2D eigenvalue weighted by molar-refractivity contribution is 6.32. The van der Waals surface area contributed by atoms with Crippen LogP contribution in [0.15, 0.2) is 54.6 Å². The Morgan fingerprint density at radius 1 is 1.04 bits per heavy atom. The van der Waals surface area contributed by atoms with Crippen LogP contribution in [-0.2, 0) is 0 Å². The van der Waals surface area contributed by atoms with Crippen molar-refractivity contribution in [2.24, 2.45) is 5.73 Å². The molecular formula is C19H17ClN4O2. The zero-order valence-electron chi connectivity index (χ0n) is 14.0. The number of aromatic nitrogens is 1. The van der Waals surface area contributed by atoms with Crippen molar-refractivity contribution >= 4 is 23.1 Å². The first-order valence-corrected chi connectivity index (χ1v) is 8.09. The Morgan fingerprint density at radius 3 is 2.23 bits per heavy atom. The molecule has 0 atom stereocenters. The first kappa shape index (κ1) is 17.6. The summed E-state index contributed by atoms with van der Waals surface area (Å²) in [5.41, 5.74) is 13.3. The Hall–Kier alpha value is -3.25. The smallest absolute Gasteiger partial charge is 0.179 e. The van der Waals surface area contributed by atoms with Gasteiger partial charge in [0.15, 0.2) is 10.9 Å². The lowest BCUT2D eigenvalue weighted by molar-refractivity contribution is 0.415. The number of amidine groups is 1. The van der Waals surface area contributed by atoms with Gasteiger partial charge in [-0.25, -0.2) is 4.98 Å². The molecule has 1 heterocycles. The lowest BCUT2D eigenvalue weighted by atomic mass is 10.0. The van der Waals surface area contributed by atoms with E-state index in [0.717, 1.165) is 5.75 Å². The lowest BCUT2D eigenvalue weighted by Crippen LogP contribution is -2.17. The second-order valence-corrected chi connectivity index (χ2v) is 5.78. The predicted molar refractivity (Wildman–Crippen MR) is 103 cm³/mol. The summed E-state index contributed by atoms with van der Waals surface area (Å²) in [5, 5.41) is 7.94. The molecule has 0 aliphatic heterocycles. The fourth-order valence-corrected chi connectivity index (χ4v) is 2.80. The van der Waals surface area contributed by atoms with Gasteiger partial charge in [0.2, 0.25) is 0 Å². The van der Waals surface area contributed by atoms with Gasteiger partial charge in [-0.05, 0) is 36.4 Å². The van der Waals surface area contributed by atoms with Crippen molar-refractivity contribution in [3.05, 3.63) is 65.3 Å². The van der Waals surface area contributed by atoms with Gasteiger partial charge in [0, 0.05) is 5.56 Å². The molecule has 2 aromatic carbocycles. The molecule has 0 aliphatic rings. The molecule has 1 aromatic heterocycles. The van der Waals surface area contributed by atoms with E-state index < -0.39 is 0 Å². The quantitative estimate of drug-likeness (QED) is 0.357. The van der Waals surface area contributed by atoms with Gasteiger partial charge in [-0.2, -0.15) is 0 Å². The van der Waals surface area contributed by atoms with Gasteiger partial charge in [-0.15, -0.1) is 0 Å². The molecule has 5 N–H and O–H groups in total. The Bertz CT molecular complexity index is 944. The topological polar surface area (TPSA) is 107 Å². The predicted octanol–water partition coefficient (Wildman–Crippen LogP) is 4.07. The molecule has 0 aliphatic carbocycles.